The predicted octanol–water partition coefficient (Wildman–Crippen LogP) is 2.65. The highest BCUT2D eigenvalue weighted by molar-refractivity contribution is 7.22. The number of nitrogens with zero attached hydrogens (tertiary/aromatic N) is 5. The van der Waals surface area contributed by atoms with E-state index in [1.165, 1.54) is 18.4 Å². The van der Waals surface area contributed by atoms with Crippen molar-refractivity contribution >= 4 is 33.1 Å². The molecule has 0 saturated heterocycles. The van der Waals surface area contributed by atoms with Crippen LogP contribution in [0.15, 0.2) is 35.4 Å². The van der Waals surface area contributed by atoms with Crippen LogP contribution < -0.4 is 10.1 Å². The number of thiazole rings is 1. The van der Waals surface area contributed by atoms with Gasteiger partial charge in [0.25, 0.3) is 0 Å². The number of methoxy groups -OCH3 is 1. The average molecular weight is 372 g/mol. The van der Waals surface area contributed by atoms with E-state index >= 15 is 0 Å². The van der Waals surface area contributed by atoms with Crippen LogP contribution in [0.4, 0.5) is 5.13 Å². The summed E-state index contributed by atoms with van der Waals surface area (Å²) >= 11 is 1.37. The molecule has 9 nitrogen and oxygen atoms in total. The van der Waals surface area contributed by atoms with Gasteiger partial charge in [-0.3, -0.25) is 9.48 Å². The summed E-state index contributed by atoms with van der Waals surface area (Å²) in [5.74, 6) is 1.29. The standard InChI is InChI=1S/C12H11N5O2S.C4H5NO/c1-17-5-7(3-15-17)8-4-13-11(19-2)9-10(8)20-12(16-9)14-6-18;1-4-2-3-5-6-4/h3-6H,1-2H3,(H,14,16,18);2-3H,1H3. The Labute approximate surface area is 152 Å². The molecule has 0 spiro atoms. The summed E-state index contributed by atoms with van der Waals surface area (Å²) in [7, 11) is 3.39. The first-order chi connectivity index (χ1) is 12.6. The molecule has 0 unspecified atom stereocenters. The maximum Gasteiger partial charge on any atom is 0.241 e. The van der Waals surface area contributed by atoms with Crippen LogP contribution in [0.3, 0.4) is 0 Å². The van der Waals surface area contributed by atoms with E-state index in [1.807, 2.05) is 20.2 Å². The van der Waals surface area contributed by atoms with Crippen LogP contribution in [0.2, 0.25) is 0 Å². The van der Waals surface area contributed by atoms with E-state index in [9.17, 15) is 4.79 Å². The number of hydrogen-bond acceptors (Lipinski definition) is 8. The summed E-state index contributed by atoms with van der Waals surface area (Å²) in [5.41, 5.74) is 2.47. The van der Waals surface area contributed by atoms with E-state index < -0.39 is 0 Å². The minimum atomic E-state index is 0.433. The van der Waals surface area contributed by atoms with Gasteiger partial charge in [0.15, 0.2) is 5.13 Å². The number of carbonyl (C=O) groups is 1. The molecule has 0 aliphatic heterocycles. The van der Waals surface area contributed by atoms with Gasteiger partial charge in [-0.25, -0.2) is 9.97 Å². The van der Waals surface area contributed by atoms with Gasteiger partial charge < -0.3 is 14.6 Å². The number of rotatable bonds is 4. The normalized spacial score (nSPS) is 10.3. The van der Waals surface area contributed by atoms with Crippen molar-refractivity contribution in [1.82, 2.24) is 24.9 Å². The van der Waals surface area contributed by atoms with Crippen molar-refractivity contribution in [1.29, 1.82) is 0 Å². The lowest BCUT2D eigenvalue weighted by Gasteiger charge is -2.02. The fraction of sp³-hybridized carbons (Fsp3) is 0.188. The zero-order chi connectivity index (χ0) is 18.5. The molecule has 0 bridgehead atoms. The maximum atomic E-state index is 10.6. The number of aromatic nitrogens is 5. The SMILES string of the molecule is COc1ncc(-c2cnn(C)c2)c2sc(NC=O)nc12.Cc1ccno1. The van der Waals surface area contributed by atoms with Gasteiger partial charge in [0, 0.05) is 36.6 Å². The second-order valence-corrected chi connectivity index (χ2v) is 6.16. The molecule has 4 aromatic heterocycles. The molecule has 0 atom stereocenters. The lowest BCUT2D eigenvalue weighted by atomic mass is 10.1. The largest absolute Gasteiger partial charge is 0.479 e. The van der Waals surface area contributed by atoms with Gasteiger partial charge in [-0.15, -0.1) is 0 Å². The summed E-state index contributed by atoms with van der Waals surface area (Å²) in [6.45, 7) is 1.85. The summed E-state index contributed by atoms with van der Waals surface area (Å²) in [5, 5.41) is 10.7. The van der Waals surface area contributed by atoms with Gasteiger partial charge in [-0.1, -0.05) is 16.5 Å². The van der Waals surface area contributed by atoms with Crippen LogP contribution in [0, 0.1) is 6.92 Å². The summed E-state index contributed by atoms with van der Waals surface area (Å²) in [6, 6.07) is 1.81. The second kappa shape index (κ2) is 7.74. The highest BCUT2D eigenvalue weighted by Gasteiger charge is 2.16. The number of anilines is 1. The van der Waals surface area contributed by atoms with Crippen LogP contribution in [-0.4, -0.2) is 38.4 Å². The van der Waals surface area contributed by atoms with Crippen LogP contribution >= 0.6 is 11.3 Å². The fourth-order valence-corrected chi connectivity index (χ4v) is 3.14. The van der Waals surface area contributed by atoms with Gasteiger partial charge in [-0.05, 0) is 6.92 Å². The molecule has 0 aromatic carbocycles. The number of fused-ring (bicyclic) bond motifs is 1. The Morgan fingerprint density at radius 2 is 2.23 bits per heavy atom. The Bertz CT molecular complexity index is 1010. The summed E-state index contributed by atoms with van der Waals surface area (Å²) in [6.07, 6.45) is 7.60. The molecular formula is C16H16N6O3S. The number of carbonyl (C=O) groups excluding carboxylic acids is 1. The minimum Gasteiger partial charge on any atom is -0.479 e. The van der Waals surface area contributed by atoms with E-state index in [-0.39, 0.29) is 0 Å². The molecule has 4 rings (SSSR count). The summed E-state index contributed by atoms with van der Waals surface area (Å²) < 4.78 is 12.4. The number of hydrogen-bond donors (Lipinski definition) is 1. The van der Waals surface area contributed by atoms with Gasteiger partial charge in [-0.2, -0.15) is 5.10 Å². The first kappa shape index (κ1) is 17.5. The Balaban J connectivity index is 0.000000278. The quantitative estimate of drug-likeness (QED) is 0.549. The molecule has 1 N–H and O–H groups in total. The van der Waals surface area contributed by atoms with E-state index in [2.05, 4.69) is 30.1 Å². The fourth-order valence-electron chi connectivity index (χ4n) is 2.20. The highest BCUT2D eigenvalue weighted by atomic mass is 32.1. The van der Waals surface area contributed by atoms with Crippen molar-refractivity contribution in [3.63, 3.8) is 0 Å². The zero-order valence-corrected chi connectivity index (χ0v) is 15.1. The predicted molar refractivity (Wildman–Crippen MR) is 97.1 cm³/mol. The van der Waals surface area contributed by atoms with Crippen LogP contribution in [0.1, 0.15) is 5.76 Å². The van der Waals surface area contributed by atoms with Crippen LogP contribution in [0.25, 0.3) is 21.3 Å². The molecular weight excluding hydrogens is 356 g/mol. The molecule has 4 aromatic rings. The van der Waals surface area contributed by atoms with Crippen molar-refractivity contribution in [3.05, 3.63) is 36.6 Å². The molecule has 10 heteroatoms. The van der Waals surface area contributed by atoms with E-state index in [0.29, 0.717) is 22.9 Å². The number of pyridine rings is 1. The molecule has 0 aliphatic rings. The highest BCUT2D eigenvalue weighted by Crippen LogP contribution is 2.37. The Hall–Kier alpha value is -3.27. The minimum absolute atomic E-state index is 0.433. The lowest BCUT2D eigenvalue weighted by Crippen LogP contribution is -1.92. The Morgan fingerprint density at radius 3 is 2.77 bits per heavy atom. The monoisotopic (exact) mass is 372 g/mol. The molecule has 4 heterocycles. The van der Waals surface area contributed by atoms with Gasteiger partial charge in [0.1, 0.15) is 11.3 Å². The molecule has 0 radical (unpaired) electrons. The maximum absolute atomic E-state index is 10.6. The smallest absolute Gasteiger partial charge is 0.241 e. The van der Waals surface area contributed by atoms with E-state index in [4.69, 9.17) is 4.74 Å². The van der Waals surface area contributed by atoms with Crippen molar-refractivity contribution in [2.24, 2.45) is 7.05 Å². The van der Waals surface area contributed by atoms with Crippen molar-refractivity contribution in [2.75, 3.05) is 12.4 Å². The third-order valence-electron chi connectivity index (χ3n) is 3.34. The van der Waals surface area contributed by atoms with E-state index in [1.54, 1.807) is 29.3 Å². The molecule has 26 heavy (non-hydrogen) atoms. The third-order valence-corrected chi connectivity index (χ3v) is 4.36. The number of ether oxygens (including phenoxy) is 1. The Kier molecular flexibility index (Phi) is 5.23. The lowest BCUT2D eigenvalue weighted by molar-refractivity contribution is -0.105. The topological polar surface area (TPSA) is 108 Å². The zero-order valence-electron chi connectivity index (χ0n) is 14.3. The second-order valence-electron chi connectivity index (χ2n) is 5.17. The molecule has 0 saturated carbocycles. The first-order valence-electron chi connectivity index (χ1n) is 7.52. The molecule has 0 fully saturated rings. The van der Waals surface area contributed by atoms with Crippen LogP contribution in [0.5, 0.6) is 5.88 Å². The van der Waals surface area contributed by atoms with Gasteiger partial charge in [0.05, 0.1) is 24.2 Å². The number of nitrogens with one attached hydrogen (secondary N) is 1. The van der Waals surface area contributed by atoms with Crippen molar-refractivity contribution in [3.8, 4) is 17.0 Å². The third kappa shape index (κ3) is 3.70. The van der Waals surface area contributed by atoms with Crippen molar-refractivity contribution < 1.29 is 14.1 Å². The van der Waals surface area contributed by atoms with Gasteiger partial charge >= 0.3 is 0 Å². The van der Waals surface area contributed by atoms with Gasteiger partial charge in [0.2, 0.25) is 12.3 Å². The van der Waals surface area contributed by atoms with Crippen molar-refractivity contribution in [2.45, 2.75) is 6.92 Å². The van der Waals surface area contributed by atoms with E-state index in [0.717, 1.165) is 21.6 Å². The number of amides is 1. The average Bonchev–Trinajstić information content (AvgIpc) is 3.36. The molecule has 134 valence electrons. The Morgan fingerprint density at radius 1 is 1.38 bits per heavy atom. The molecule has 0 aliphatic carbocycles. The first-order valence-corrected chi connectivity index (χ1v) is 8.34. The molecule has 1 amide bonds. The number of aryl methyl sites for hydroxylation is 2. The van der Waals surface area contributed by atoms with Crippen LogP contribution in [-0.2, 0) is 11.8 Å². The summed E-state index contributed by atoms with van der Waals surface area (Å²) in [4.78, 5) is 19.1.